The summed E-state index contributed by atoms with van der Waals surface area (Å²) >= 11 is 3.52. The van der Waals surface area contributed by atoms with E-state index in [1.165, 1.54) is 7.11 Å². The van der Waals surface area contributed by atoms with Crippen molar-refractivity contribution in [2.24, 2.45) is 11.8 Å². The molecular formula is C16H16BrNO3. The van der Waals surface area contributed by atoms with Crippen molar-refractivity contribution in [1.29, 1.82) is 0 Å². The number of benzene rings is 1. The number of halogens is 1. The fourth-order valence-electron chi connectivity index (χ4n) is 3.17. The average Bonchev–Trinajstić information content (AvgIpc) is 2.51. The lowest BCUT2D eigenvalue weighted by Crippen LogP contribution is -2.57. The number of carbonyl (C=O) groups is 2. The van der Waals surface area contributed by atoms with Crippen LogP contribution in [0.3, 0.4) is 0 Å². The highest BCUT2D eigenvalue weighted by Gasteiger charge is 2.49. The molecule has 2 heterocycles. The lowest BCUT2D eigenvalue weighted by Gasteiger charge is -2.46. The Morgan fingerprint density at radius 3 is 2.76 bits per heavy atom. The minimum atomic E-state index is -0.291. The Hall–Kier alpha value is -1.62. The summed E-state index contributed by atoms with van der Waals surface area (Å²) in [6, 6.07) is 9.56. The van der Waals surface area contributed by atoms with Crippen molar-refractivity contribution in [3.63, 3.8) is 0 Å². The zero-order chi connectivity index (χ0) is 15.0. The van der Waals surface area contributed by atoms with Crippen LogP contribution in [0.2, 0.25) is 0 Å². The summed E-state index contributed by atoms with van der Waals surface area (Å²) in [5.74, 6) is -0.689. The van der Waals surface area contributed by atoms with E-state index in [9.17, 15) is 9.59 Å². The first-order valence-electron chi connectivity index (χ1n) is 6.91. The molecule has 3 aliphatic rings. The first-order chi connectivity index (χ1) is 10.1. The van der Waals surface area contributed by atoms with Gasteiger partial charge in [0.15, 0.2) is 0 Å². The third kappa shape index (κ3) is 2.50. The number of hydrogen-bond acceptors (Lipinski definition) is 3. The van der Waals surface area contributed by atoms with Crippen LogP contribution in [0.1, 0.15) is 12.0 Å². The molecule has 1 saturated heterocycles. The van der Waals surface area contributed by atoms with Crippen molar-refractivity contribution in [3.05, 3.63) is 46.5 Å². The first kappa shape index (κ1) is 14.3. The number of hydrogen-bond donors (Lipinski definition) is 0. The minimum absolute atomic E-state index is 0.0900. The van der Waals surface area contributed by atoms with Crippen molar-refractivity contribution in [2.45, 2.75) is 19.0 Å². The quantitative estimate of drug-likeness (QED) is 0.787. The van der Waals surface area contributed by atoms with Gasteiger partial charge in [0.05, 0.1) is 25.0 Å². The molecule has 5 heteroatoms. The molecule has 0 spiro atoms. The summed E-state index contributed by atoms with van der Waals surface area (Å²) in [4.78, 5) is 26.3. The smallest absolute Gasteiger partial charge is 0.311 e. The molecule has 0 N–H and O–H groups in total. The van der Waals surface area contributed by atoms with Gasteiger partial charge in [-0.1, -0.05) is 52.3 Å². The average molecular weight is 350 g/mol. The standard InChI is InChI=1S/C16H16BrNO3/c1-21-16(20)12-7-11-8-13(17)14(12)18(15(11)19)9-10-5-3-2-4-6-10/h2-6,8,11-12,14H,7,9H2,1H3/t11-,12-,14+/m0/s1. The molecule has 0 aromatic heterocycles. The number of piperidine rings is 1. The number of amides is 1. The van der Waals surface area contributed by atoms with Crippen LogP contribution in [0.4, 0.5) is 0 Å². The third-order valence-electron chi connectivity index (χ3n) is 4.17. The first-order valence-corrected chi connectivity index (χ1v) is 7.70. The molecule has 3 atom stereocenters. The van der Waals surface area contributed by atoms with Gasteiger partial charge in [0.2, 0.25) is 5.91 Å². The Bertz CT molecular complexity index is 599. The minimum Gasteiger partial charge on any atom is -0.469 e. The Morgan fingerprint density at radius 2 is 2.10 bits per heavy atom. The van der Waals surface area contributed by atoms with E-state index in [0.29, 0.717) is 13.0 Å². The Morgan fingerprint density at radius 1 is 1.38 bits per heavy atom. The summed E-state index contributed by atoms with van der Waals surface area (Å²) in [5, 5.41) is 0. The Kier molecular flexibility index (Phi) is 3.85. The number of rotatable bonds is 3. The van der Waals surface area contributed by atoms with E-state index in [-0.39, 0.29) is 29.8 Å². The molecule has 0 unspecified atom stereocenters. The lowest BCUT2D eigenvalue weighted by molar-refractivity contribution is -0.156. The molecule has 4 rings (SSSR count). The fraction of sp³-hybridized carbons (Fsp3) is 0.375. The molecule has 21 heavy (non-hydrogen) atoms. The van der Waals surface area contributed by atoms with Crippen molar-refractivity contribution >= 4 is 27.8 Å². The second kappa shape index (κ2) is 5.64. The molecule has 110 valence electrons. The molecule has 0 radical (unpaired) electrons. The van der Waals surface area contributed by atoms with Crippen LogP contribution >= 0.6 is 15.9 Å². The number of ether oxygens (including phenoxy) is 1. The van der Waals surface area contributed by atoms with Gasteiger partial charge in [-0.3, -0.25) is 9.59 Å². The highest BCUT2D eigenvalue weighted by molar-refractivity contribution is 9.11. The van der Waals surface area contributed by atoms with Crippen molar-refractivity contribution in [1.82, 2.24) is 4.90 Å². The molecule has 2 aliphatic heterocycles. The second-order valence-corrected chi connectivity index (χ2v) is 6.34. The maximum Gasteiger partial charge on any atom is 0.311 e. The summed E-state index contributed by atoms with van der Waals surface area (Å²) in [7, 11) is 1.39. The van der Waals surface area contributed by atoms with E-state index in [4.69, 9.17) is 4.74 Å². The highest BCUT2D eigenvalue weighted by atomic mass is 79.9. The Balaban J connectivity index is 1.91. The van der Waals surface area contributed by atoms with E-state index >= 15 is 0 Å². The van der Waals surface area contributed by atoms with Gasteiger partial charge in [-0.2, -0.15) is 0 Å². The highest BCUT2D eigenvalue weighted by Crippen LogP contribution is 2.42. The van der Waals surface area contributed by atoms with Gasteiger partial charge in [-0.05, 0) is 12.0 Å². The lowest BCUT2D eigenvalue weighted by atomic mass is 9.77. The maximum absolute atomic E-state index is 12.5. The molecule has 1 fully saturated rings. The number of methoxy groups -OCH3 is 1. The van der Waals surface area contributed by atoms with Gasteiger partial charge < -0.3 is 9.64 Å². The molecule has 4 nitrogen and oxygen atoms in total. The molecule has 1 aromatic carbocycles. The van der Waals surface area contributed by atoms with Crippen molar-refractivity contribution in [2.75, 3.05) is 7.11 Å². The van der Waals surface area contributed by atoms with Crippen molar-refractivity contribution in [3.8, 4) is 0 Å². The van der Waals surface area contributed by atoms with E-state index in [0.717, 1.165) is 10.0 Å². The van der Waals surface area contributed by atoms with Crippen LogP contribution in [-0.2, 0) is 20.9 Å². The van der Waals surface area contributed by atoms with Gasteiger partial charge in [-0.25, -0.2) is 0 Å². The van der Waals surface area contributed by atoms with Gasteiger partial charge >= 0.3 is 5.97 Å². The molecule has 1 aliphatic carbocycles. The predicted octanol–water partition coefficient (Wildman–Crippen LogP) is 2.49. The van der Waals surface area contributed by atoms with E-state index in [1.807, 2.05) is 36.4 Å². The molecular weight excluding hydrogens is 334 g/mol. The van der Waals surface area contributed by atoms with Crippen LogP contribution in [0.5, 0.6) is 0 Å². The number of carbonyl (C=O) groups excluding carboxylic acids is 2. The molecule has 0 saturated carbocycles. The van der Waals surface area contributed by atoms with Gasteiger partial charge in [0.1, 0.15) is 0 Å². The van der Waals surface area contributed by atoms with Crippen LogP contribution in [0.15, 0.2) is 40.9 Å². The fourth-order valence-corrected chi connectivity index (χ4v) is 4.06. The predicted molar refractivity (Wildman–Crippen MR) is 81.4 cm³/mol. The topological polar surface area (TPSA) is 46.6 Å². The van der Waals surface area contributed by atoms with Crippen LogP contribution < -0.4 is 0 Å². The van der Waals surface area contributed by atoms with Crippen LogP contribution in [0, 0.1) is 11.8 Å². The SMILES string of the molecule is COC(=O)[C@H]1C[C@H]2C=C(Br)[C@@H]1N(Cc1ccccc1)C2=O. The number of fused-ring (bicyclic) bond motifs is 2. The van der Waals surface area contributed by atoms with E-state index in [2.05, 4.69) is 15.9 Å². The summed E-state index contributed by atoms with van der Waals surface area (Å²) in [6.45, 7) is 0.511. The summed E-state index contributed by atoms with van der Waals surface area (Å²) < 4.78 is 5.81. The largest absolute Gasteiger partial charge is 0.469 e. The van der Waals surface area contributed by atoms with Gasteiger partial charge in [0, 0.05) is 11.0 Å². The third-order valence-corrected chi connectivity index (χ3v) is 4.90. The van der Waals surface area contributed by atoms with E-state index in [1.54, 1.807) is 4.90 Å². The molecule has 2 bridgehead atoms. The number of nitrogens with zero attached hydrogens (tertiary/aromatic N) is 1. The van der Waals surface area contributed by atoms with E-state index < -0.39 is 0 Å². The second-order valence-electron chi connectivity index (χ2n) is 5.42. The normalized spacial score (nSPS) is 27.5. The molecule has 1 amide bonds. The molecule has 1 aromatic rings. The van der Waals surface area contributed by atoms with Crippen LogP contribution in [-0.4, -0.2) is 29.9 Å². The zero-order valence-corrected chi connectivity index (χ0v) is 13.2. The summed E-state index contributed by atoms with van der Waals surface area (Å²) in [5.41, 5.74) is 1.06. The Labute approximate surface area is 131 Å². The summed E-state index contributed by atoms with van der Waals surface area (Å²) in [6.07, 6.45) is 2.46. The monoisotopic (exact) mass is 349 g/mol. The zero-order valence-electron chi connectivity index (χ0n) is 11.7. The van der Waals surface area contributed by atoms with Crippen LogP contribution in [0.25, 0.3) is 0 Å². The van der Waals surface area contributed by atoms with Crippen molar-refractivity contribution < 1.29 is 14.3 Å². The van der Waals surface area contributed by atoms with Gasteiger partial charge in [0.25, 0.3) is 0 Å². The van der Waals surface area contributed by atoms with Gasteiger partial charge in [-0.15, -0.1) is 0 Å². The number of esters is 1. The maximum atomic E-state index is 12.5.